The summed E-state index contributed by atoms with van der Waals surface area (Å²) in [5, 5.41) is 6.73. The number of nitrogens with one attached hydrogen (secondary N) is 1. The molecular formula is C17H20ClN5O4S. The summed E-state index contributed by atoms with van der Waals surface area (Å²) < 4.78 is 32.9. The Bertz CT molecular complexity index is 1000. The summed E-state index contributed by atoms with van der Waals surface area (Å²) in [6.45, 7) is 3.08. The van der Waals surface area contributed by atoms with Crippen LogP contribution in [0.5, 0.6) is 0 Å². The molecule has 0 radical (unpaired) electrons. The standard InChI is InChI=1S/C17H20ClN5O4S/c1-11-8-23-14(15(7-20-23)28(25,26)13-3-5-27-10-13)9-22(11)17(24)21-12-2-4-19-16(18)6-12/h2,4,6-7,11,13H,3,5,8-10H2,1H3,(H,19,21,24)/t11-,13?/m0/s1. The lowest BCUT2D eigenvalue weighted by molar-refractivity contribution is 0.160. The fourth-order valence-electron chi connectivity index (χ4n) is 3.50. The number of nitrogens with zero attached hydrogens (tertiary/aromatic N) is 4. The summed E-state index contributed by atoms with van der Waals surface area (Å²) >= 11 is 5.86. The van der Waals surface area contributed by atoms with E-state index in [4.69, 9.17) is 16.3 Å². The van der Waals surface area contributed by atoms with Gasteiger partial charge in [0.1, 0.15) is 10.0 Å². The second-order valence-electron chi connectivity index (χ2n) is 6.94. The molecule has 2 aromatic heterocycles. The first-order valence-electron chi connectivity index (χ1n) is 8.92. The molecule has 28 heavy (non-hydrogen) atoms. The lowest BCUT2D eigenvalue weighted by Crippen LogP contribution is -2.47. The molecule has 4 heterocycles. The van der Waals surface area contributed by atoms with Crippen LogP contribution in [0.1, 0.15) is 19.0 Å². The van der Waals surface area contributed by atoms with E-state index in [0.717, 1.165) is 0 Å². The van der Waals surface area contributed by atoms with E-state index in [1.165, 1.54) is 12.4 Å². The number of urea groups is 1. The molecule has 1 fully saturated rings. The van der Waals surface area contributed by atoms with Crippen molar-refractivity contribution in [2.45, 2.75) is 42.6 Å². The molecule has 2 aliphatic heterocycles. The van der Waals surface area contributed by atoms with Crippen molar-refractivity contribution in [3.8, 4) is 0 Å². The highest BCUT2D eigenvalue weighted by Crippen LogP contribution is 2.29. The number of sulfone groups is 1. The number of ether oxygens (including phenoxy) is 1. The van der Waals surface area contributed by atoms with Crippen molar-refractivity contribution in [3.05, 3.63) is 35.4 Å². The van der Waals surface area contributed by atoms with Gasteiger partial charge in [0.05, 0.1) is 42.9 Å². The van der Waals surface area contributed by atoms with Gasteiger partial charge in [-0.2, -0.15) is 5.10 Å². The van der Waals surface area contributed by atoms with Gasteiger partial charge in [-0.3, -0.25) is 4.68 Å². The number of rotatable bonds is 3. The highest BCUT2D eigenvalue weighted by atomic mass is 35.5. The Kier molecular flexibility index (Phi) is 5.02. The van der Waals surface area contributed by atoms with Crippen LogP contribution >= 0.6 is 11.6 Å². The van der Waals surface area contributed by atoms with E-state index in [-0.39, 0.29) is 35.3 Å². The van der Waals surface area contributed by atoms with E-state index in [1.807, 2.05) is 6.92 Å². The molecule has 2 aromatic rings. The van der Waals surface area contributed by atoms with Crippen LogP contribution in [0.4, 0.5) is 10.5 Å². The van der Waals surface area contributed by atoms with Gasteiger partial charge in [-0.05, 0) is 25.5 Å². The SMILES string of the molecule is C[C@H]1Cn2ncc(S(=O)(=O)C3CCOC3)c2CN1C(=O)Nc1ccnc(Cl)c1. The predicted octanol–water partition coefficient (Wildman–Crippen LogP) is 1.93. The molecule has 0 spiro atoms. The van der Waals surface area contributed by atoms with Crippen LogP contribution in [-0.2, 0) is 27.7 Å². The van der Waals surface area contributed by atoms with Gasteiger partial charge >= 0.3 is 6.03 Å². The topological polar surface area (TPSA) is 106 Å². The zero-order chi connectivity index (χ0) is 19.9. The molecule has 1 N–H and O–H groups in total. The van der Waals surface area contributed by atoms with E-state index >= 15 is 0 Å². The molecule has 11 heteroatoms. The molecule has 0 aromatic carbocycles. The Morgan fingerprint density at radius 3 is 2.96 bits per heavy atom. The van der Waals surface area contributed by atoms with Crippen molar-refractivity contribution >= 4 is 33.2 Å². The molecule has 2 atom stereocenters. The lowest BCUT2D eigenvalue weighted by atomic mass is 10.2. The number of carbonyl (C=O) groups is 1. The third-order valence-corrected chi connectivity index (χ3v) is 7.48. The van der Waals surface area contributed by atoms with Crippen LogP contribution in [-0.4, -0.2) is 58.6 Å². The summed E-state index contributed by atoms with van der Waals surface area (Å²) in [5.74, 6) is 0. The predicted molar refractivity (Wildman–Crippen MR) is 102 cm³/mol. The normalized spacial score (nSPS) is 22.1. The molecular weight excluding hydrogens is 406 g/mol. The summed E-state index contributed by atoms with van der Waals surface area (Å²) in [5.41, 5.74) is 1.04. The summed E-state index contributed by atoms with van der Waals surface area (Å²) in [6, 6.07) is 2.69. The maximum Gasteiger partial charge on any atom is 0.322 e. The van der Waals surface area contributed by atoms with Crippen molar-refractivity contribution in [2.75, 3.05) is 18.5 Å². The molecule has 0 saturated carbocycles. The average molecular weight is 426 g/mol. The van der Waals surface area contributed by atoms with Gasteiger partial charge in [0, 0.05) is 18.5 Å². The fraction of sp³-hybridized carbons (Fsp3) is 0.471. The van der Waals surface area contributed by atoms with Crippen LogP contribution in [0.2, 0.25) is 5.15 Å². The van der Waals surface area contributed by atoms with Crippen LogP contribution in [0, 0.1) is 0 Å². The number of halogens is 1. The van der Waals surface area contributed by atoms with E-state index in [0.29, 0.717) is 31.0 Å². The van der Waals surface area contributed by atoms with Crippen molar-refractivity contribution in [1.82, 2.24) is 19.7 Å². The van der Waals surface area contributed by atoms with Crippen LogP contribution in [0.3, 0.4) is 0 Å². The summed E-state index contributed by atoms with van der Waals surface area (Å²) in [7, 11) is -3.56. The fourth-order valence-corrected chi connectivity index (χ4v) is 5.41. The van der Waals surface area contributed by atoms with Gasteiger partial charge in [0.25, 0.3) is 0 Å². The number of anilines is 1. The van der Waals surface area contributed by atoms with Crippen LogP contribution in [0.15, 0.2) is 29.4 Å². The highest BCUT2D eigenvalue weighted by Gasteiger charge is 2.37. The molecule has 0 bridgehead atoms. The molecule has 9 nitrogen and oxygen atoms in total. The van der Waals surface area contributed by atoms with Gasteiger partial charge in [-0.15, -0.1) is 0 Å². The van der Waals surface area contributed by atoms with Crippen LogP contribution in [0.25, 0.3) is 0 Å². The molecule has 2 aliphatic rings. The number of hydrogen-bond donors (Lipinski definition) is 1. The first kappa shape index (κ1) is 19.2. The zero-order valence-electron chi connectivity index (χ0n) is 15.2. The highest BCUT2D eigenvalue weighted by molar-refractivity contribution is 7.92. The van der Waals surface area contributed by atoms with E-state index in [2.05, 4.69) is 15.4 Å². The van der Waals surface area contributed by atoms with Gasteiger partial charge < -0.3 is 15.0 Å². The third kappa shape index (κ3) is 3.47. The molecule has 150 valence electrons. The largest absolute Gasteiger partial charge is 0.380 e. The molecule has 2 amide bonds. The van der Waals surface area contributed by atoms with Gasteiger partial charge in [-0.25, -0.2) is 18.2 Å². The third-order valence-electron chi connectivity index (χ3n) is 5.07. The van der Waals surface area contributed by atoms with E-state index in [9.17, 15) is 13.2 Å². The molecule has 4 rings (SSSR count). The quantitative estimate of drug-likeness (QED) is 0.753. The average Bonchev–Trinajstić information content (AvgIpc) is 3.31. The minimum absolute atomic E-state index is 0.147. The lowest BCUT2D eigenvalue weighted by Gasteiger charge is -2.34. The van der Waals surface area contributed by atoms with Crippen molar-refractivity contribution in [1.29, 1.82) is 0 Å². The maximum absolute atomic E-state index is 13.0. The van der Waals surface area contributed by atoms with Gasteiger partial charge in [0.2, 0.25) is 0 Å². The van der Waals surface area contributed by atoms with E-state index in [1.54, 1.807) is 21.7 Å². The smallest absolute Gasteiger partial charge is 0.322 e. The number of pyridine rings is 1. The van der Waals surface area contributed by atoms with Crippen molar-refractivity contribution in [2.24, 2.45) is 0 Å². The van der Waals surface area contributed by atoms with Crippen LogP contribution < -0.4 is 5.32 Å². The first-order valence-corrected chi connectivity index (χ1v) is 10.8. The van der Waals surface area contributed by atoms with Gasteiger partial charge in [-0.1, -0.05) is 11.6 Å². The monoisotopic (exact) mass is 425 g/mol. The number of aromatic nitrogens is 3. The number of carbonyl (C=O) groups excluding carboxylic acids is 1. The number of fused-ring (bicyclic) bond motifs is 1. The van der Waals surface area contributed by atoms with Crippen molar-refractivity contribution in [3.63, 3.8) is 0 Å². The zero-order valence-corrected chi connectivity index (χ0v) is 16.8. The molecule has 1 saturated heterocycles. The minimum Gasteiger partial charge on any atom is -0.380 e. The molecule has 0 aliphatic carbocycles. The Morgan fingerprint density at radius 2 is 2.25 bits per heavy atom. The molecule has 1 unspecified atom stereocenters. The van der Waals surface area contributed by atoms with Crippen molar-refractivity contribution < 1.29 is 17.9 Å². The first-order chi connectivity index (χ1) is 13.4. The Balaban J connectivity index is 1.58. The Morgan fingerprint density at radius 1 is 1.43 bits per heavy atom. The second kappa shape index (κ2) is 7.34. The Hall–Kier alpha value is -2.17. The van der Waals surface area contributed by atoms with E-state index < -0.39 is 15.1 Å². The maximum atomic E-state index is 13.0. The summed E-state index contributed by atoms with van der Waals surface area (Å²) in [4.78, 5) is 18.4. The second-order valence-corrected chi connectivity index (χ2v) is 9.53. The Labute approximate surface area is 167 Å². The minimum atomic E-state index is -3.56. The van der Waals surface area contributed by atoms with Gasteiger partial charge in [0.15, 0.2) is 9.84 Å². The summed E-state index contributed by atoms with van der Waals surface area (Å²) in [6.07, 6.45) is 3.36. The number of hydrogen-bond acceptors (Lipinski definition) is 6. The number of amides is 2.